The highest BCUT2D eigenvalue weighted by atomic mass is 79.9. The van der Waals surface area contributed by atoms with E-state index in [1.54, 1.807) is 6.20 Å². The molecule has 2 aromatic rings. The Bertz CT molecular complexity index is 598. The minimum Gasteiger partial charge on any atom is -0.487 e. The molecule has 1 aliphatic carbocycles. The molecule has 0 amide bonds. The quantitative estimate of drug-likeness (QED) is 0.928. The zero-order valence-corrected chi connectivity index (χ0v) is 13.0. The lowest BCUT2D eigenvalue weighted by Crippen LogP contribution is -2.12. The van der Waals surface area contributed by atoms with E-state index in [0.29, 0.717) is 12.6 Å². The number of hydrogen-bond acceptors (Lipinski definition) is 3. The van der Waals surface area contributed by atoms with Crippen molar-refractivity contribution in [1.29, 1.82) is 0 Å². The number of benzene rings is 1. The summed E-state index contributed by atoms with van der Waals surface area (Å²) in [5, 5.41) is 3.35. The molecular formula is C16H17BrN2O. The lowest BCUT2D eigenvalue weighted by molar-refractivity contribution is 0.298. The first-order valence-corrected chi connectivity index (χ1v) is 7.59. The van der Waals surface area contributed by atoms with Crippen LogP contribution < -0.4 is 10.1 Å². The van der Waals surface area contributed by atoms with E-state index < -0.39 is 0 Å². The molecule has 1 unspecified atom stereocenters. The molecular weight excluding hydrogens is 316 g/mol. The van der Waals surface area contributed by atoms with E-state index in [9.17, 15) is 0 Å². The molecule has 0 bridgehead atoms. The van der Waals surface area contributed by atoms with E-state index in [4.69, 9.17) is 4.74 Å². The van der Waals surface area contributed by atoms with Crippen molar-refractivity contribution in [1.82, 2.24) is 10.3 Å². The molecule has 1 atom stereocenters. The van der Waals surface area contributed by atoms with Gasteiger partial charge in [0.15, 0.2) is 0 Å². The zero-order valence-electron chi connectivity index (χ0n) is 11.4. The number of hydrogen-bond donors (Lipinski definition) is 1. The van der Waals surface area contributed by atoms with Crippen LogP contribution >= 0.6 is 15.9 Å². The van der Waals surface area contributed by atoms with Gasteiger partial charge in [-0.2, -0.15) is 0 Å². The van der Waals surface area contributed by atoms with Crippen molar-refractivity contribution in [2.45, 2.75) is 25.5 Å². The van der Waals surface area contributed by atoms with Crippen molar-refractivity contribution in [2.75, 3.05) is 7.05 Å². The molecule has 0 saturated heterocycles. The van der Waals surface area contributed by atoms with Gasteiger partial charge >= 0.3 is 0 Å². The molecule has 3 nitrogen and oxygen atoms in total. The molecule has 1 N–H and O–H groups in total. The van der Waals surface area contributed by atoms with E-state index in [0.717, 1.165) is 28.8 Å². The van der Waals surface area contributed by atoms with Gasteiger partial charge in [-0.1, -0.05) is 12.1 Å². The van der Waals surface area contributed by atoms with Gasteiger partial charge in [0.25, 0.3) is 0 Å². The lowest BCUT2D eigenvalue weighted by Gasteiger charge is -2.13. The van der Waals surface area contributed by atoms with E-state index in [-0.39, 0.29) is 0 Å². The smallest absolute Gasteiger partial charge is 0.130 e. The molecule has 1 aromatic heterocycles. The minimum atomic E-state index is 0.458. The molecule has 0 saturated carbocycles. The second-order valence-corrected chi connectivity index (χ2v) is 5.88. The number of ether oxygens (including phenoxy) is 1. The fourth-order valence-electron chi connectivity index (χ4n) is 2.70. The fourth-order valence-corrected chi connectivity index (χ4v) is 2.93. The molecule has 1 aliphatic rings. The van der Waals surface area contributed by atoms with Crippen molar-refractivity contribution in [2.24, 2.45) is 0 Å². The van der Waals surface area contributed by atoms with Crippen molar-refractivity contribution in [3.8, 4) is 5.75 Å². The van der Waals surface area contributed by atoms with Crippen molar-refractivity contribution in [3.05, 3.63) is 57.8 Å². The Kier molecular flexibility index (Phi) is 4.03. The number of aromatic nitrogens is 1. The highest BCUT2D eigenvalue weighted by Crippen LogP contribution is 2.36. The maximum Gasteiger partial charge on any atom is 0.130 e. The Morgan fingerprint density at radius 3 is 3.00 bits per heavy atom. The Hall–Kier alpha value is -1.39. The topological polar surface area (TPSA) is 34.1 Å². The lowest BCUT2D eigenvalue weighted by atomic mass is 10.1. The largest absolute Gasteiger partial charge is 0.487 e. The molecule has 3 rings (SSSR count). The van der Waals surface area contributed by atoms with Gasteiger partial charge in [-0.3, -0.25) is 4.98 Å². The third kappa shape index (κ3) is 2.72. The Morgan fingerprint density at radius 1 is 1.35 bits per heavy atom. The summed E-state index contributed by atoms with van der Waals surface area (Å²) in [6, 6.07) is 10.7. The van der Waals surface area contributed by atoms with E-state index in [2.05, 4.69) is 44.4 Å². The maximum absolute atomic E-state index is 5.96. The number of nitrogens with one attached hydrogen (secondary N) is 1. The summed E-state index contributed by atoms with van der Waals surface area (Å²) in [5.41, 5.74) is 3.65. The van der Waals surface area contributed by atoms with Crippen LogP contribution in [0, 0.1) is 0 Å². The molecule has 0 spiro atoms. The van der Waals surface area contributed by atoms with Gasteiger partial charge < -0.3 is 10.1 Å². The van der Waals surface area contributed by atoms with Crippen LogP contribution in [0.5, 0.6) is 5.75 Å². The monoisotopic (exact) mass is 332 g/mol. The minimum absolute atomic E-state index is 0.458. The van der Waals surface area contributed by atoms with Gasteiger partial charge in [0.2, 0.25) is 0 Å². The van der Waals surface area contributed by atoms with Crippen LogP contribution in [0.3, 0.4) is 0 Å². The molecule has 1 heterocycles. The van der Waals surface area contributed by atoms with Gasteiger partial charge in [0.1, 0.15) is 12.4 Å². The molecule has 0 aliphatic heterocycles. The van der Waals surface area contributed by atoms with Crippen LogP contribution in [0.4, 0.5) is 0 Å². The second kappa shape index (κ2) is 5.94. The maximum atomic E-state index is 5.96. The molecule has 0 radical (unpaired) electrons. The Labute approximate surface area is 127 Å². The van der Waals surface area contributed by atoms with Crippen LogP contribution in [0.1, 0.15) is 29.3 Å². The number of fused-ring (bicyclic) bond motifs is 1. The number of pyridine rings is 1. The highest BCUT2D eigenvalue weighted by molar-refractivity contribution is 9.10. The highest BCUT2D eigenvalue weighted by Gasteiger charge is 2.23. The first kappa shape index (κ1) is 13.6. The second-order valence-electron chi connectivity index (χ2n) is 4.96. The molecule has 104 valence electrons. The van der Waals surface area contributed by atoms with E-state index in [1.807, 2.05) is 19.2 Å². The number of rotatable bonds is 4. The van der Waals surface area contributed by atoms with E-state index in [1.165, 1.54) is 11.1 Å². The first-order valence-electron chi connectivity index (χ1n) is 6.80. The van der Waals surface area contributed by atoms with E-state index >= 15 is 0 Å². The average molecular weight is 333 g/mol. The van der Waals surface area contributed by atoms with Crippen molar-refractivity contribution >= 4 is 15.9 Å². The molecule has 20 heavy (non-hydrogen) atoms. The summed E-state index contributed by atoms with van der Waals surface area (Å²) in [5.74, 6) is 0.991. The number of nitrogens with zero attached hydrogens (tertiary/aromatic N) is 1. The van der Waals surface area contributed by atoms with Gasteiger partial charge in [-0.25, -0.2) is 0 Å². The summed E-state index contributed by atoms with van der Waals surface area (Å²) in [4.78, 5) is 4.33. The summed E-state index contributed by atoms with van der Waals surface area (Å²) in [7, 11) is 2.01. The fraction of sp³-hybridized carbons (Fsp3) is 0.312. The van der Waals surface area contributed by atoms with Crippen LogP contribution in [0.25, 0.3) is 0 Å². The zero-order chi connectivity index (χ0) is 13.9. The average Bonchev–Trinajstić information content (AvgIpc) is 2.90. The summed E-state index contributed by atoms with van der Waals surface area (Å²) < 4.78 is 6.95. The Morgan fingerprint density at radius 2 is 2.25 bits per heavy atom. The normalized spacial score (nSPS) is 17.0. The van der Waals surface area contributed by atoms with Crippen LogP contribution in [-0.2, 0) is 13.0 Å². The van der Waals surface area contributed by atoms with Crippen LogP contribution in [-0.4, -0.2) is 12.0 Å². The van der Waals surface area contributed by atoms with Gasteiger partial charge in [0.05, 0.1) is 5.69 Å². The van der Waals surface area contributed by atoms with Gasteiger partial charge in [0, 0.05) is 16.7 Å². The van der Waals surface area contributed by atoms with Crippen LogP contribution in [0.15, 0.2) is 41.0 Å². The van der Waals surface area contributed by atoms with Crippen molar-refractivity contribution in [3.63, 3.8) is 0 Å². The predicted molar refractivity (Wildman–Crippen MR) is 82.8 cm³/mol. The third-order valence-corrected chi connectivity index (χ3v) is 4.21. The van der Waals surface area contributed by atoms with Crippen LogP contribution in [0.2, 0.25) is 0 Å². The SMILES string of the molecule is CNC1CCc2c(OCc3ccc(Br)cn3)cccc21. The Balaban J connectivity index is 1.75. The first-order chi connectivity index (χ1) is 9.78. The molecule has 0 fully saturated rings. The summed E-state index contributed by atoms with van der Waals surface area (Å²) in [6.07, 6.45) is 4.01. The summed E-state index contributed by atoms with van der Waals surface area (Å²) >= 11 is 3.39. The van der Waals surface area contributed by atoms with Crippen molar-refractivity contribution < 1.29 is 4.74 Å². The predicted octanol–water partition coefficient (Wildman–Crippen LogP) is 3.63. The third-order valence-electron chi connectivity index (χ3n) is 3.74. The summed E-state index contributed by atoms with van der Waals surface area (Å²) in [6.45, 7) is 0.508. The standard InChI is InChI=1S/C16H17BrN2O/c1-18-15-8-7-14-13(15)3-2-4-16(14)20-10-12-6-5-11(17)9-19-12/h2-6,9,15,18H,7-8,10H2,1H3. The van der Waals surface area contributed by atoms with Gasteiger partial charge in [-0.05, 0) is 65.1 Å². The van der Waals surface area contributed by atoms with Gasteiger partial charge in [-0.15, -0.1) is 0 Å². The molecule has 4 heteroatoms. The number of halogens is 1. The molecule has 1 aromatic carbocycles.